The molecule has 122 valence electrons. The Bertz CT molecular complexity index is 684. The molecule has 0 unspecified atom stereocenters. The molecule has 0 atom stereocenters. The van der Waals surface area contributed by atoms with Crippen molar-refractivity contribution in [3.63, 3.8) is 0 Å². The van der Waals surface area contributed by atoms with Crippen molar-refractivity contribution in [1.82, 2.24) is 5.32 Å². The van der Waals surface area contributed by atoms with Gasteiger partial charge in [-0.15, -0.1) is 12.4 Å². The summed E-state index contributed by atoms with van der Waals surface area (Å²) >= 11 is 3.52. The Balaban J connectivity index is 0.00000192. The largest absolute Gasteiger partial charge is 0.351 e. The maximum atomic E-state index is 12.3. The van der Waals surface area contributed by atoms with Gasteiger partial charge in [-0.1, -0.05) is 40.2 Å². The molecule has 3 rings (SSSR count). The highest BCUT2D eigenvalue weighted by Gasteiger charge is 2.44. The van der Waals surface area contributed by atoms with Crippen LogP contribution in [0.2, 0.25) is 0 Å². The summed E-state index contributed by atoms with van der Waals surface area (Å²) in [5, 5.41) is 3.07. The summed E-state index contributed by atoms with van der Waals surface area (Å²) in [4.78, 5) is 12.3. The number of rotatable bonds is 5. The van der Waals surface area contributed by atoms with Gasteiger partial charge in [0.2, 0.25) is 0 Å². The van der Waals surface area contributed by atoms with Crippen molar-refractivity contribution in [2.45, 2.75) is 24.8 Å². The summed E-state index contributed by atoms with van der Waals surface area (Å²) in [5.41, 5.74) is 8.69. The Morgan fingerprint density at radius 1 is 1.17 bits per heavy atom. The van der Waals surface area contributed by atoms with Crippen molar-refractivity contribution >= 4 is 34.2 Å². The van der Waals surface area contributed by atoms with Crippen LogP contribution in [-0.2, 0) is 12.0 Å². The fourth-order valence-corrected chi connectivity index (χ4v) is 3.08. The van der Waals surface area contributed by atoms with E-state index in [2.05, 4.69) is 33.4 Å². The van der Waals surface area contributed by atoms with Gasteiger partial charge in [0.05, 0.1) is 0 Å². The molecule has 0 radical (unpaired) electrons. The van der Waals surface area contributed by atoms with Gasteiger partial charge in [0.1, 0.15) is 0 Å². The fraction of sp³-hybridized carbons (Fsp3) is 0.278. The molecule has 2 aromatic rings. The van der Waals surface area contributed by atoms with E-state index in [-0.39, 0.29) is 23.7 Å². The first kappa shape index (κ1) is 18.0. The maximum Gasteiger partial charge on any atom is 0.251 e. The Kier molecular flexibility index (Phi) is 5.84. The molecule has 1 fully saturated rings. The summed E-state index contributed by atoms with van der Waals surface area (Å²) in [6, 6.07) is 15.8. The van der Waals surface area contributed by atoms with Crippen LogP contribution in [0.1, 0.15) is 34.3 Å². The van der Waals surface area contributed by atoms with Gasteiger partial charge in [0, 0.05) is 28.5 Å². The number of nitrogens with one attached hydrogen (secondary N) is 1. The second-order valence-corrected chi connectivity index (χ2v) is 6.79. The Labute approximate surface area is 151 Å². The molecule has 3 N–H and O–H groups in total. The van der Waals surface area contributed by atoms with Gasteiger partial charge >= 0.3 is 0 Å². The van der Waals surface area contributed by atoms with Crippen LogP contribution in [0, 0.1) is 0 Å². The number of nitrogens with two attached hydrogens (primary N) is 1. The van der Waals surface area contributed by atoms with Crippen LogP contribution in [0.3, 0.4) is 0 Å². The van der Waals surface area contributed by atoms with Crippen LogP contribution >= 0.6 is 28.3 Å². The predicted octanol–water partition coefficient (Wildman–Crippen LogP) is 3.79. The summed E-state index contributed by atoms with van der Waals surface area (Å²) in [7, 11) is 0. The number of carbonyl (C=O) groups excluding carboxylic acids is 1. The Hall–Kier alpha value is -1.36. The van der Waals surface area contributed by atoms with Crippen molar-refractivity contribution in [3.8, 4) is 0 Å². The number of benzene rings is 2. The van der Waals surface area contributed by atoms with Gasteiger partial charge in [0.25, 0.3) is 5.91 Å². The molecule has 2 aromatic carbocycles. The topological polar surface area (TPSA) is 55.1 Å². The van der Waals surface area contributed by atoms with Crippen molar-refractivity contribution in [2.24, 2.45) is 5.73 Å². The lowest BCUT2D eigenvalue weighted by Crippen LogP contribution is -2.32. The second kappa shape index (κ2) is 7.47. The van der Waals surface area contributed by atoms with Crippen LogP contribution in [0.15, 0.2) is 53.0 Å². The van der Waals surface area contributed by atoms with Gasteiger partial charge in [0.15, 0.2) is 0 Å². The van der Waals surface area contributed by atoms with E-state index in [9.17, 15) is 4.79 Å². The molecule has 0 heterocycles. The quantitative estimate of drug-likeness (QED) is 0.809. The first-order valence-electron chi connectivity index (χ1n) is 7.46. The zero-order valence-electron chi connectivity index (χ0n) is 12.7. The smallest absolute Gasteiger partial charge is 0.251 e. The third-order valence-corrected chi connectivity index (χ3v) is 4.82. The molecule has 3 nitrogen and oxygen atoms in total. The summed E-state index contributed by atoms with van der Waals surface area (Å²) in [6.45, 7) is 1.18. The molecule has 1 aliphatic carbocycles. The Morgan fingerprint density at radius 2 is 1.87 bits per heavy atom. The molecule has 0 saturated heterocycles. The highest BCUT2D eigenvalue weighted by molar-refractivity contribution is 9.10. The molecule has 0 aromatic heterocycles. The van der Waals surface area contributed by atoms with Crippen LogP contribution in [-0.4, -0.2) is 12.5 Å². The van der Waals surface area contributed by atoms with E-state index in [0.717, 1.165) is 22.9 Å². The fourth-order valence-electron chi connectivity index (χ4n) is 2.68. The van der Waals surface area contributed by atoms with Gasteiger partial charge in [-0.2, -0.15) is 0 Å². The minimum Gasteiger partial charge on any atom is -0.351 e. The standard InChI is InChI=1S/C18H19BrN2O.ClH/c19-16-3-1-2-15(10-16)18(8-9-18)12-21-17(22)14-6-4-13(11-20)5-7-14;/h1-7,10H,8-9,11-12,20H2,(H,21,22);1H. The second-order valence-electron chi connectivity index (χ2n) is 5.87. The molecule has 0 spiro atoms. The van der Waals surface area contributed by atoms with E-state index in [0.29, 0.717) is 18.7 Å². The number of halogens is 2. The van der Waals surface area contributed by atoms with E-state index in [1.807, 2.05) is 36.4 Å². The highest BCUT2D eigenvalue weighted by atomic mass is 79.9. The van der Waals surface area contributed by atoms with Gasteiger partial charge in [-0.05, 0) is 48.2 Å². The maximum absolute atomic E-state index is 12.3. The van der Waals surface area contributed by atoms with Crippen molar-refractivity contribution in [2.75, 3.05) is 6.54 Å². The van der Waals surface area contributed by atoms with E-state index in [1.54, 1.807) is 0 Å². The average molecular weight is 396 g/mol. The molecular weight excluding hydrogens is 376 g/mol. The summed E-state index contributed by atoms with van der Waals surface area (Å²) in [6.07, 6.45) is 2.24. The highest BCUT2D eigenvalue weighted by Crippen LogP contribution is 2.48. The minimum absolute atomic E-state index is 0. The first-order valence-corrected chi connectivity index (χ1v) is 8.25. The number of hydrogen-bond acceptors (Lipinski definition) is 2. The van der Waals surface area contributed by atoms with E-state index < -0.39 is 0 Å². The molecule has 0 bridgehead atoms. The van der Waals surface area contributed by atoms with Crippen LogP contribution in [0.5, 0.6) is 0 Å². The summed E-state index contributed by atoms with van der Waals surface area (Å²) < 4.78 is 1.08. The normalized spacial score (nSPS) is 14.7. The molecular formula is C18H20BrClN2O. The van der Waals surface area contributed by atoms with Crippen molar-refractivity contribution in [1.29, 1.82) is 0 Å². The molecule has 0 aliphatic heterocycles. The lowest BCUT2D eigenvalue weighted by atomic mass is 9.96. The van der Waals surface area contributed by atoms with Crippen LogP contribution in [0.4, 0.5) is 0 Å². The molecule has 1 aliphatic rings. The molecule has 23 heavy (non-hydrogen) atoms. The van der Waals surface area contributed by atoms with E-state index in [4.69, 9.17) is 5.73 Å². The summed E-state index contributed by atoms with van der Waals surface area (Å²) in [5.74, 6) is -0.0233. The third-order valence-electron chi connectivity index (χ3n) is 4.33. The number of carbonyl (C=O) groups is 1. The van der Waals surface area contributed by atoms with Gasteiger partial charge < -0.3 is 11.1 Å². The van der Waals surface area contributed by atoms with Gasteiger partial charge in [-0.3, -0.25) is 4.79 Å². The average Bonchev–Trinajstić information content (AvgIpc) is 3.34. The van der Waals surface area contributed by atoms with Gasteiger partial charge in [-0.25, -0.2) is 0 Å². The van der Waals surface area contributed by atoms with Crippen LogP contribution < -0.4 is 11.1 Å². The lowest BCUT2D eigenvalue weighted by molar-refractivity contribution is 0.0949. The SMILES string of the molecule is Cl.NCc1ccc(C(=O)NCC2(c3cccc(Br)c3)CC2)cc1. The van der Waals surface area contributed by atoms with Crippen LogP contribution in [0.25, 0.3) is 0 Å². The monoisotopic (exact) mass is 394 g/mol. The van der Waals surface area contributed by atoms with Crippen molar-refractivity contribution in [3.05, 3.63) is 69.7 Å². The van der Waals surface area contributed by atoms with E-state index >= 15 is 0 Å². The number of amides is 1. The molecule has 5 heteroatoms. The minimum atomic E-state index is -0.0233. The molecule has 1 saturated carbocycles. The first-order chi connectivity index (χ1) is 10.6. The Morgan fingerprint density at radius 3 is 2.43 bits per heavy atom. The third kappa shape index (κ3) is 4.14. The zero-order valence-corrected chi connectivity index (χ0v) is 15.1. The lowest BCUT2D eigenvalue weighted by Gasteiger charge is -2.17. The number of hydrogen-bond donors (Lipinski definition) is 2. The van der Waals surface area contributed by atoms with E-state index in [1.165, 1.54) is 5.56 Å². The predicted molar refractivity (Wildman–Crippen MR) is 99.0 cm³/mol. The molecule has 1 amide bonds. The van der Waals surface area contributed by atoms with Crippen molar-refractivity contribution < 1.29 is 4.79 Å². The zero-order chi connectivity index (χ0) is 15.6.